The van der Waals surface area contributed by atoms with E-state index in [2.05, 4.69) is 16.1 Å². The van der Waals surface area contributed by atoms with Gasteiger partial charge in [-0.05, 0) is 18.6 Å². The maximum atomic E-state index is 12.9. The Bertz CT molecular complexity index is 789. The lowest BCUT2D eigenvalue weighted by Gasteiger charge is -2.25. The first-order valence-electron chi connectivity index (χ1n) is 9.10. The molecule has 0 unspecified atom stereocenters. The van der Waals surface area contributed by atoms with E-state index < -0.39 is 0 Å². The number of aryl methyl sites for hydroxylation is 1. The van der Waals surface area contributed by atoms with Crippen LogP contribution >= 0.6 is 0 Å². The molecule has 1 aromatic carbocycles. The smallest absolute Gasteiger partial charge is 0.237 e. The van der Waals surface area contributed by atoms with Gasteiger partial charge in [-0.2, -0.15) is 5.10 Å². The zero-order valence-electron chi connectivity index (χ0n) is 14.8. The van der Waals surface area contributed by atoms with E-state index in [1.54, 1.807) is 0 Å². The first kappa shape index (κ1) is 17.1. The van der Waals surface area contributed by atoms with Crippen LogP contribution in [-0.2, 0) is 31.0 Å². The number of nitrogens with zero attached hydrogens (tertiary/aromatic N) is 4. The Kier molecular flexibility index (Phi) is 4.90. The number of rotatable bonds is 3. The fourth-order valence-electron chi connectivity index (χ4n) is 3.62. The van der Waals surface area contributed by atoms with E-state index in [0.717, 1.165) is 49.6 Å². The van der Waals surface area contributed by atoms with E-state index in [0.29, 0.717) is 25.4 Å². The summed E-state index contributed by atoms with van der Waals surface area (Å²) in [5.74, 6) is 1.04. The average molecular weight is 356 g/mol. The molecule has 0 atom stereocenters. The average Bonchev–Trinajstić information content (AvgIpc) is 2.81. The topological polar surface area (TPSA) is 70.8 Å². The summed E-state index contributed by atoms with van der Waals surface area (Å²) < 4.78 is 7.70. The predicted molar refractivity (Wildman–Crippen MR) is 95.4 cm³/mol. The molecule has 2 aromatic rings. The molecule has 0 radical (unpaired) electrons. The summed E-state index contributed by atoms with van der Waals surface area (Å²) in [7, 11) is 0. The number of para-hydroxylation sites is 1. The molecule has 138 valence electrons. The normalized spacial score (nSPS) is 17.7. The molecule has 1 N–H and O–H groups in total. The molecule has 0 bridgehead atoms. The van der Waals surface area contributed by atoms with Gasteiger partial charge in [0.2, 0.25) is 5.91 Å². The highest BCUT2D eigenvalue weighted by Crippen LogP contribution is 2.22. The van der Waals surface area contributed by atoms with Crippen LogP contribution in [0.25, 0.3) is 0 Å². The van der Waals surface area contributed by atoms with Crippen LogP contribution in [-0.4, -0.2) is 56.8 Å². The second-order valence-electron chi connectivity index (χ2n) is 6.84. The molecular weight excluding hydrogens is 332 g/mol. The first-order valence-corrected chi connectivity index (χ1v) is 9.10. The number of fused-ring (bicyclic) bond motifs is 2. The van der Waals surface area contributed by atoms with Gasteiger partial charge in [0, 0.05) is 31.7 Å². The van der Waals surface area contributed by atoms with E-state index in [9.17, 15) is 9.90 Å². The van der Waals surface area contributed by atoms with Gasteiger partial charge in [-0.15, -0.1) is 0 Å². The van der Waals surface area contributed by atoms with E-state index in [4.69, 9.17) is 4.74 Å². The van der Waals surface area contributed by atoms with Crippen LogP contribution in [0.4, 0.5) is 0 Å². The number of aliphatic hydroxyl groups excluding tert-OH is 1. The maximum absolute atomic E-state index is 12.9. The summed E-state index contributed by atoms with van der Waals surface area (Å²) in [5, 5.41) is 13.7. The summed E-state index contributed by atoms with van der Waals surface area (Å²) in [6, 6.07) is 9.90. The Labute approximate surface area is 152 Å². The van der Waals surface area contributed by atoms with Gasteiger partial charge in [0.15, 0.2) is 0 Å². The Morgan fingerprint density at radius 2 is 2.08 bits per heavy atom. The van der Waals surface area contributed by atoms with Crippen molar-refractivity contribution in [1.82, 2.24) is 19.6 Å². The third kappa shape index (κ3) is 3.59. The van der Waals surface area contributed by atoms with Gasteiger partial charge < -0.3 is 14.7 Å². The molecule has 2 aliphatic heterocycles. The van der Waals surface area contributed by atoms with Gasteiger partial charge in [-0.3, -0.25) is 14.4 Å². The van der Waals surface area contributed by atoms with E-state index in [1.807, 2.05) is 33.8 Å². The Morgan fingerprint density at radius 3 is 2.96 bits per heavy atom. The van der Waals surface area contributed by atoms with Crippen LogP contribution in [0, 0.1) is 0 Å². The van der Waals surface area contributed by atoms with Crippen molar-refractivity contribution in [2.24, 2.45) is 0 Å². The molecule has 0 fully saturated rings. The number of ether oxygens (including phenoxy) is 1. The van der Waals surface area contributed by atoms with Crippen molar-refractivity contribution in [1.29, 1.82) is 0 Å². The number of aromatic nitrogens is 2. The van der Waals surface area contributed by atoms with E-state index in [-0.39, 0.29) is 12.5 Å². The molecule has 0 saturated heterocycles. The summed E-state index contributed by atoms with van der Waals surface area (Å²) in [5.41, 5.74) is 2.78. The molecule has 2 aliphatic rings. The Morgan fingerprint density at radius 1 is 1.19 bits per heavy atom. The van der Waals surface area contributed by atoms with Crippen LogP contribution in [0.3, 0.4) is 0 Å². The number of carbonyl (C=O) groups is 1. The summed E-state index contributed by atoms with van der Waals surface area (Å²) >= 11 is 0. The largest absolute Gasteiger partial charge is 0.492 e. The van der Waals surface area contributed by atoms with Crippen molar-refractivity contribution in [2.75, 3.05) is 26.2 Å². The molecule has 4 rings (SSSR count). The molecule has 0 aliphatic carbocycles. The minimum atomic E-state index is -0.0683. The Balaban J connectivity index is 1.43. The second-order valence-corrected chi connectivity index (χ2v) is 6.84. The number of hydrogen-bond acceptors (Lipinski definition) is 5. The molecule has 3 heterocycles. The monoisotopic (exact) mass is 356 g/mol. The van der Waals surface area contributed by atoms with Crippen molar-refractivity contribution >= 4 is 5.91 Å². The molecule has 1 aromatic heterocycles. The summed E-state index contributed by atoms with van der Waals surface area (Å²) in [4.78, 5) is 16.9. The van der Waals surface area contributed by atoms with Crippen LogP contribution in [0.1, 0.15) is 23.4 Å². The number of amides is 1. The fraction of sp³-hybridized carbons (Fsp3) is 0.474. The minimum absolute atomic E-state index is 0.0683. The third-order valence-electron chi connectivity index (χ3n) is 4.97. The number of aliphatic hydroxyl groups is 1. The fourth-order valence-corrected chi connectivity index (χ4v) is 3.62. The quantitative estimate of drug-likeness (QED) is 0.889. The van der Waals surface area contributed by atoms with Gasteiger partial charge in [0.25, 0.3) is 0 Å². The lowest BCUT2D eigenvalue weighted by atomic mass is 10.2. The predicted octanol–water partition coefficient (Wildman–Crippen LogP) is 1.00. The number of hydrogen-bond donors (Lipinski definition) is 1. The molecular formula is C19H24N4O3. The van der Waals surface area contributed by atoms with Crippen LogP contribution in [0.5, 0.6) is 5.75 Å². The molecule has 7 nitrogen and oxygen atoms in total. The summed E-state index contributed by atoms with van der Waals surface area (Å²) in [6.45, 7) is 4.44. The van der Waals surface area contributed by atoms with Crippen molar-refractivity contribution in [2.45, 2.75) is 32.7 Å². The lowest BCUT2D eigenvalue weighted by molar-refractivity contribution is -0.133. The molecule has 7 heteroatoms. The van der Waals surface area contributed by atoms with Gasteiger partial charge in [-0.25, -0.2) is 0 Å². The Hall–Kier alpha value is -2.38. The van der Waals surface area contributed by atoms with Crippen molar-refractivity contribution in [3.05, 3.63) is 47.3 Å². The third-order valence-corrected chi connectivity index (χ3v) is 4.97. The first-order chi connectivity index (χ1) is 12.7. The SMILES string of the molecule is O=C(CN1CCOc2ccccc2C1)N1CCCn2nc(CO)cc2C1. The molecule has 0 spiro atoms. The van der Waals surface area contributed by atoms with Crippen LogP contribution in [0.2, 0.25) is 0 Å². The zero-order valence-corrected chi connectivity index (χ0v) is 14.8. The number of carbonyl (C=O) groups excluding carboxylic acids is 1. The highest BCUT2D eigenvalue weighted by Gasteiger charge is 2.23. The maximum Gasteiger partial charge on any atom is 0.237 e. The van der Waals surface area contributed by atoms with Crippen molar-refractivity contribution in [3.63, 3.8) is 0 Å². The second kappa shape index (κ2) is 7.47. The van der Waals surface area contributed by atoms with Crippen molar-refractivity contribution in [3.8, 4) is 5.75 Å². The minimum Gasteiger partial charge on any atom is -0.492 e. The van der Waals surface area contributed by atoms with Gasteiger partial charge in [0.1, 0.15) is 12.4 Å². The van der Waals surface area contributed by atoms with Gasteiger partial charge in [-0.1, -0.05) is 18.2 Å². The lowest BCUT2D eigenvalue weighted by Crippen LogP contribution is -2.40. The number of benzene rings is 1. The standard InChI is InChI=1S/C19H24N4O3/c24-14-16-10-17-12-22(6-3-7-23(17)20-16)19(25)13-21-8-9-26-18-5-2-1-4-15(18)11-21/h1-2,4-5,10,24H,3,6-9,11-14H2. The molecule has 1 amide bonds. The van der Waals surface area contributed by atoms with E-state index >= 15 is 0 Å². The molecule has 26 heavy (non-hydrogen) atoms. The highest BCUT2D eigenvalue weighted by atomic mass is 16.5. The van der Waals surface area contributed by atoms with E-state index in [1.165, 1.54) is 0 Å². The van der Waals surface area contributed by atoms with Crippen LogP contribution < -0.4 is 4.74 Å². The zero-order chi connectivity index (χ0) is 17.9. The van der Waals surface area contributed by atoms with Crippen molar-refractivity contribution < 1.29 is 14.6 Å². The van der Waals surface area contributed by atoms with Crippen LogP contribution in [0.15, 0.2) is 30.3 Å². The van der Waals surface area contributed by atoms with Gasteiger partial charge in [0.05, 0.1) is 31.1 Å². The van der Waals surface area contributed by atoms with Gasteiger partial charge >= 0.3 is 0 Å². The highest BCUT2D eigenvalue weighted by molar-refractivity contribution is 5.78. The summed E-state index contributed by atoms with van der Waals surface area (Å²) in [6.07, 6.45) is 0.872. The molecule has 0 saturated carbocycles.